The van der Waals surface area contributed by atoms with Crippen LogP contribution in [0.4, 0.5) is 15.8 Å². The Balaban J connectivity index is 1.60. The maximum Gasteiger partial charge on any atom is 0.328 e. The predicted molar refractivity (Wildman–Crippen MR) is 103 cm³/mol. The molecule has 11 heteroatoms. The molecular weight excluding hydrogens is 413 g/mol. The highest BCUT2D eigenvalue weighted by molar-refractivity contribution is 6.09. The van der Waals surface area contributed by atoms with E-state index in [2.05, 4.69) is 0 Å². The number of carbonyl (C=O) groups is 3. The van der Waals surface area contributed by atoms with Crippen molar-refractivity contribution in [2.75, 3.05) is 36.7 Å². The number of nitrogens with zero attached hydrogens (tertiary/aromatic N) is 3. The average molecular weight is 435 g/mol. The Morgan fingerprint density at radius 3 is 2.71 bits per heavy atom. The summed E-state index contributed by atoms with van der Waals surface area (Å²) in [7, 11) is 1.21. The lowest BCUT2D eigenvalue weighted by molar-refractivity contribution is -0.144. The summed E-state index contributed by atoms with van der Waals surface area (Å²) in [4.78, 5) is 42.0. The van der Waals surface area contributed by atoms with E-state index in [1.54, 1.807) is 0 Å². The second-order valence-electron chi connectivity index (χ2n) is 8.13. The van der Waals surface area contributed by atoms with Gasteiger partial charge in [0.05, 0.1) is 31.7 Å². The van der Waals surface area contributed by atoms with Gasteiger partial charge in [0.1, 0.15) is 17.8 Å². The van der Waals surface area contributed by atoms with Gasteiger partial charge in [-0.05, 0) is 13.0 Å². The Hall–Kier alpha value is -2.76. The van der Waals surface area contributed by atoms with Crippen LogP contribution >= 0.6 is 0 Å². The molecule has 5 rings (SSSR count). The van der Waals surface area contributed by atoms with Gasteiger partial charge in [0.25, 0.3) is 5.91 Å². The lowest BCUT2D eigenvalue weighted by atomic mass is 10.1. The molecule has 1 saturated carbocycles. The lowest BCUT2D eigenvalue weighted by Gasteiger charge is -2.38. The van der Waals surface area contributed by atoms with Crippen LogP contribution < -0.4 is 14.5 Å². The molecule has 4 aliphatic rings. The van der Waals surface area contributed by atoms with Crippen molar-refractivity contribution in [3.8, 4) is 5.75 Å². The molecular formula is C20H22FN3O7. The van der Waals surface area contributed by atoms with Gasteiger partial charge in [-0.15, -0.1) is 0 Å². The second-order valence-corrected chi connectivity index (χ2v) is 8.13. The van der Waals surface area contributed by atoms with Crippen LogP contribution in [0.1, 0.15) is 19.8 Å². The Morgan fingerprint density at radius 2 is 2.06 bits per heavy atom. The minimum Gasteiger partial charge on any atom is -0.475 e. The third-order valence-electron chi connectivity index (χ3n) is 6.32. The summed E-state index contributed by atoms with van der Waals surface area (Å²) in [6.07, 6.45) is -0.465. The molecule has 2 amide bonds. The highest BCUT2D eigenvalue weighted by Crippen LogP contribution is 2.51. The lowest BCUT2D eigenvalue weighted by Crippen LogP contribution is -2.54. The van der Waals surface area contributed by atoms with E-state index in [1.807, 2.05) is 0 Å². The largest absolute Gasteiger partial charge is 0.475 e. The maximum atomic E-state index is 15.1. The van der Waals surface area contributed by atoms with Crippen LogP contribution in [0.15, 0.2) is 12.1 Å². The SMILES string of the molecule is COC(=O)C(C)N1C(=O)C2(CC2)Oc2cc(F)c(N3C(=O)C4COCCN4C3O)cc21. The minimum absolute atomic E-state index is 0.0918. The van der Waals surface area contributed by atoms with Gasteiger partial charge in [0.15, 0.2) is 17.8 Å². The molecule has 1 aliphatic carbocycles. The summed E-state index contributed by atoms with van der Waals surface area (Å²) < 4.78 is 31.1. The monoisotopic (exact) mass is 435 g/mol. The number of halogens is 1. The van der Waals surface area contributed by atoms with Gasteiger partial charge in [-0.3, -0.25) is 19.4 Å². The molecule has 1 aromatic carbocycles. The summed E-state index contributed by atoms with van der Waals surface area (Å²) in [6, 6.07) is 0.631. The number of anilines is 2. The first-order valence-corrected chi connectivity index (χ1v) is 10.1. The molecule has 1 N–H and O–H groups in total. The molecule has 10 nitrogen and oxygen atoms in total. The number of methoxy groups -OCH3 is 1. The molecule has 0 radical (unpaired) electrons. The van der Waals surface area contributed by atoms with Crippen LogP contribution in [0.2, 0.25) is 0 Å². The molecule has 3 aliphatic heterocycles. The summed E-state index contributed by atoms with van der Waals surface area (Å²) >= 11 is 0. The highest BCUT2D eigenvalue weighted by Gasteiger charge is 2.59. The van der Waals surface area contributed by atoms with Gasteiger partial charge < -0.3 is 19.3 Å². The second kappa shape index (κ2) is 6.87. The molecule has 1 aromatic rings. The summed E-state index contributed by atoms with van der Waals surface area (Å²) in [5, 5.41) is 10.7. The molecule has 0 aromatic heterocycles. The Bertz CT molecular complexity index is 982. The quantitative estimate of drug-likeness (QED) is 0.660. The summed E-state index contributed by atoms with van der Waals surface area (Å²) in [5.41, 5.74) is -1.18. The fourth-order valence-electron chi connectivity index (χ4n) is 4.43. The number of ether oxygens (including phenoxy) is 3. The van der Waals surface area contributed by atoms with E-state index >= 15 is 4.39 Å². The van der Waals surface area contributed by atoms with E-state index in [4.69, 9.17) is 14.2 Å². The van der Waals surface area contributed by atoms with Crippen LogP contribution in [0.25, 0.3) is 0 Å². The topological polar surface area (TPSA) is 109 Å². The molecule has 2 saturated heterocycles. The Labute approximate surface area is 177 Å². The van der Waals surface area contributed by atoms with E-state index in [-0.39, 0.29) is 23.7 Å². The fourth-order valence-corrected chi connectivity index (χ4v) is 4.43. The molecule has 166 valence electrons. The molecule has 3 atom stereocenters. The van der Waals surface area contributed by atoms with Crippen molar-refractivity contribution < 1.29 is 38.1 Å². The zero-order valence-corrected chi connectivity index (χ0v) is 17.0. The van der Waals surface area contributed by atoms with Crippen molar-refractivity contribution in [2.45, 2.75) is 43.8 Å². The molecule has 3 unspecified atom stereocenters. The van der Waals surface area contributed by atoms with Gasteiger partial charge in [-0.25, -0.2) is 14.1 Å². The standard InChI is InChI=1S/C20H22FN3O7/c1-10(17(26)29-2)23-13-8-12(11(21)7-15(13)31-20(3-4-20)18(23)27)24-16(25)14-9-30-6-5-22(14)19(24)28/h7-8,10,14,19,28H,3-6,9H2,1-2H3. The normalized spacial score (nSPS) is 27.6. The predicted octanol–water partition coefficient (Wildman–Crippen LogP) is -0.0315. The van der Waals surface area contributed by atoms with Crippen molar-refractivity contribution >= 4 is 29.2 Å². The first-order valence-electron chi connectivity index (χ1n) is 10.1. The van der Waals surface area contributed by atoms with Gasteiger partial charge in [0.2, 0.25) is 5.91 Å². The van der Waals surface area contributed by atoms with Gasteiger partial charge >= 0.3 is 5.97 Å². The first kappa shape index (κ1) is 20.2. The first-order chi connectivity index (χ1) is 14.8. The van der Waals surface area contributed by atoms with Gasteiger partial charge in [-0.1, -0.05) is 0 Å². The van der Waals surface area contributed by atoms with Crippen LogP contribution in [0.5, 0.6) is 5.75 Å². The number of carbonyl (C=O) groups excluding carboxylic acids is 3. The van der Waals surface area contributed by atoms with Gasteiger partial charge in [0, 0.05) is 25.5 Å². The van der Waals surface area contributed by atoms with Crippen molar-refractivity contribution in [2.24, 2.45) is 0 Å². The zero-order chi connectivity index (χ0) is 22.1. The Morgan fingerprint density at radius 1 is 1.32 bits per heavy atom. The molecule has 3 fully saturated rings. The Kier molecular flexibility index (Phi) is 4.47. The highest BCUT2D eigenvalue weighted by atomic mass is 19.1. The number of rotatable bonds is 3. The number of hydrogen-bond acceptors (Lipinski definition) is 8. The number of esters is 1. The van der Waals surface area contributed by atoms with E-state index in [0.717, 1.165) is 11.0 Å². The number of aliphatic hydroxyl groups excluding tert-OH is 1. The van der Waals surface area contributed by atoms with E-state index in [1.165, 1.54) is 29.9 Å². The molecule has 3 heterocycles. The fraction of sp³-hybridized carbons (Fsp3) is 0.550. The van der Waals surface area contributed by atoms with Crippen molar-refractivity contribution in [3.63, 3.8) is 0 Å². The summed E-state index contributed by atoms with van der Waals surface area (Å²) in [5.74, 6) is -2.27. The smallest absolute Gasteiger partial charge is 0.328 e. The van der Waals surface area contributed by atoms with E-state index < -0.39 is 47.6 Å². The average Bonchev–Trinajstić information content (AvgIpc) is 3.49. The minimum atomic E-state index is -1.38. The van der Waals surface area contributed by atoms with Crippen molar-refractivity contribution in [1.29, 1.82) is 0 Å². The third-order valence-corrected chi connectivity index (χ3v) is 6.32. The van der Waals surface area contributed by atoms with Crippen molar-refractivity contribution in [3.05, 3.63) is 17.9 Å². The number of fused-ring (bicyclic) bond motifs is 2. The zero-order valence-electron chi connectivity index (χ0n) is 17.0. The number of hydrogen-bond donors (Lipinski definition) is 1. The van der Waals surface area contributed by atoms with Crippen LogP contribution in [-0.2, 0) is 23.9 Å². The molecule has 0 bridgehead atoms. The maximum absolute atomic E-state index is 15.1. The number of benzene rings is 1. The number of morpholine rings is 1. The molecule has 1 spiro atoms. The van der Waals surface area contributed by atoms with Crippen LogP contribution in [-0.4, -0.2) is 78.7 Å². The number of amides is 2. The van der Waals surface area contributed by atoms with E-state index in [0.29, 0.717) is 26.0 Å². The van der Waals surface area contributed by atoms with Crippen molar-refractivity contribution in [1.82, 2.24) is 4.90 Å². The third kappa shape index (κ3) is 2.83. The number of aliphatic hydroxyl groups is 1. The molecule has 31 heavy (non-hydrogen) atoms. The van der Waals surface area contributed by atoms with Gasteiger partial charge in [-0.2, -0.15) is 0 Å². The van der Waals surface area contributed by atoms with E-state index in [9.17, 15) is 19.5 Å². The summed E-state index contributed by atoms with van der Waals surface area (Å²) in [6.45, 7) is 2.26. The van der Waals surface area contributed by atoms with Crippen LogP contribution in [0, 0.1) is 5.82 Å². The van der Waals surface area contributed by atoms with Crippen LogP contribution in [0.3, 0.4) is 0 Å².